The van der Waals surface area contributed by atoms with Crippen LogP contribution in [0.2, 0.25) is 0 Å². The van der Waals surface area contributed by atoms with Gasteiger partial charge in [0.1, 0.15) is 25.7 Å². The number of nitro groups is 1. The lowest BCUT2D eigenvalue weighted by atomic mass is 10.3. The van der Waals surface area contributed by atoms with Gasteiger partial charge in [0, 0.05) is 6.07 Å². The molecule has 0 unspecified atom stereocenters. The third-order valence-electron chi connectivity index (χ3n) is 1.93. The minimum Gasteiger partial charge on any atom is -0.476 e. The van der Waals surface area contributed by atoms with Crippen LogP contribution in [-0.2, 0) is 11.3 Å². The van der Waals surface area contributed by atoms with Gasteiger partial charge in [-0.15, -0.1) is 0 Å². The lowest BCUT2D eigenvalue weighted by Gasteiger charge is -1.93. The van der Waals surface area contributed by atoms with Crippen LogP contribution in [0, 0.1) is 10.1 Å². The van der Waals surface area contributed by atoms with E-state index in [1.165, 1.54) is 16.9 Å². The fourth-order valence-electron chi connectivity index (χ4n) is 1.18. The van der Waals surface area contributed by atoms with Crippen LogP contribution in [0.1, 0.15) is 16.2 Å². The quantitative estimate of drug-likeness (QED) is 0.617. The van der Waals surface area contributed by atoms with Gasteiger partial charge in [-0.2, -0.15) is 5.10 Å². The van der Waals surface area contributed by atoms with Crippen molar-refractivity contribution in [2.75, 3.05) is 0 Å². The molecular formula is C9H8N4O6. The summed E-state index contributed by atoms with van der Waals surface area (Å²) in [6.07, 6.45) is 2.30. The standard InChI is InChI=1S/C8H6N4O5.CH2O/c13-8(14)7-1-6(17-10-7)4-11-3-5(2-9-11)12(15)16;1-2/h1-3H,4H2,(H,13,14);1H2. The lowest BCUT2D eigenvalue weighted by molar-refractivity contribution is -0.385. The van der Waals surface area contributed by atoms with Crippen molar-refractivity contribution in [3.63, 3.8) is 0 Å². The Labute approximate surface area is 105 Å². The first-order valence-corrected chi connectivity index (χ1v) is 4.71. The Hall–Kier alpha value is -3.04. The molecule has 2 aromatic rings. The van der Waals surface area contributed by atoms with Gasteiger partial charge in [0.2, 0.25) is 0 Å². The molecule has 10 nitrogen and oxygen atoms in total. The van der Waals surface area contributed by atoms with E-state index in [-0.39, 0.29) is 23.7 Å². The average molecular weight is 268 g/mol. The predicted octanol–water partition coefficient (Wildman–Crippen LogP) is 0.341. The van der Waals surface area contributed by atoms with Gasteiger partial charge in [-0.25, -0.2) is 4.79 Å². The number of hydrogen-bond donors (Lipinski definition) is 1. The zero-order valence-corrected chi connectivity index (χ0v) is 9.42. The van der Waals surface area contributed by atoms with Crippen molar-refractivity contribution in [3.05, 3.63) is 40.0 Å². The van der Waals surface area contributed by atoms with E-state index in [1.54, 1.807) is 0 Å². The van der Waals surface area contributed by atoms with E-state index in [2.05, 4.69) is 10.3 Å². The second kappa shape index (κ2) is 6.05. The zero-order chi connectivity index (χ0) is 14.4. The maximum absolute atomic E-state index is 10.5. The van der Waals surface area contributed by atoms with Crippen molar-refractivity contribution in [1.82, 2.24) is 14.9 Å². The third-order valence-corrected chi connectivity index (χ3v) is 1.93. The molecule has 0 aromatic carbocycles. The van der Waals surface area contributed by atoms with Gasteiger partial charge in [0.15, 0.2) is 11.5 Å². The first-order chi connectivity index (χ1) is 9.06. The van der Waals surface area contributed by atoms with E-state index in [0.29, 0.717) is 0 Å². The molecule has 0 spiro atoms. The molecule has 0 fully saturated rings. The Bertz CT molecular complexity index is 539. The first-order valence-electron chi connectivity index (χ1n) is 4.71. The number of nitrogens with zero attached hydrogens (tertiary/aromatic N) is 4. The highest BCUT2D eigenvalue weighted by Crippen LogP contribution is 2.10. The summed E-state index contributed by atoms with van der Waals surface area (Å²) < 4.78 is 5.99. The molecule has 0 bridgehead atoms. The number of rotatable bonds is 4. The summed E-state index contributed by atoms with van der Waals surface area (Å²) in [6.45, 7) is 2.08. The molecule has 0 aliphatic carbocycles. The van der Waals surface area contributed by atoms with E-state index in [9.17, 15) is 14.9 Å². The van der Waals surface area contributed by atoms with Crippen LogP contribution < -0.4 is 0 Å². The Morgan fingerprint density at radius 2 is 2.26 bits per heavy atom. The molecule has 0 aliphatic rings. The summed E-state index contributed by atoms with van der Waals surface area (Å²) in [5, 5.41) is 26.0. The average Bonchev–Trinajstić information content (AvgIpc) is 3.01. The van der Waals surface area contributed by atoms with Gasteiger partial charge in [-0.05, 0) is 0 Å². The number of hydrogen-bond acceptors (Lipinski definition) is 7. The molecule has 0 amide bonds. The van der Waals surface area contributed by atoms with Crippen LogP contribution in [0.25, 0.3) is 0 Å². The number of aromatic carboxylic acids is 1. The van der Waals surface area contributed by atoms with Gasteiger partial charge in [-0.1, -0.05) is 5.16 Å². The molecule has 19 heavy (non-hydrogen) atoms. The molecule has 100 valence electrons. The molecule has 2 rings (SSSR count). The minimum absolute atomic E-state index is 0.0775. The summed E-state index contributed by atoms with van der Waals surface area (Å²) in [4.78, 5) is 28.3. The van der Waals surface area contributed by atoms with E-state index in [1.807, 2.05) is 6.79 Å². The largest absolute Gasteiger partial charge is 0.476 e. The monoisotopic (exact) mass is 268 g/mol. The second-order valence-corrected chi connectivity index (χ2v) is 3.14. The maximum Gasteiger partial charge on any atom is 0.358 e. The highest BCUT2D eigenvalue weighted by Gasteiger charge is 2.13. The van der Waals surface area contributed by atoms with Gasteiger partial charge in [0.25, 0.3) is 0 Å². The Kier molecular flexibility index (Phi) is 4.46. The summed E-state index contributed by atoms with van der Waals surface area (Å²) in [5.74, 6) is -0.952. The number of carbonyl (C=O) groups excluding carboxylic acids is 1. The van der Waals surface area contributed by atoms with Crippen LogP contribution in [-0.4, -0.2) is 37.7 Å². The molecule has 0 aliphatic heterocycles. The van der Waals surface area contributed by atoms with Crippen LogP contribution in [0.15, 0.2) is 23.0 Å². The molecule has 0 radical (unpaired) electrons. The summed E-state index contributed by atoms with van der Waals surface area (Å²) in [7, 11) is 0. The Morgan fingerprint density at radius 1 is 1.58 bits per heavy atom. The number of carboxylic acid groups (broad SMARTS) is 1. The van der Waals surface area contributed by atoms with Crippen LogP contribution >= 0.6 is 0 Å². The Morgan fingerprint density at radius 3 is 2.74 bits per heavy atom. The van der Waals surface area contributed by atoms with Gasteiger partial charge in [-0.3, -0.25) is 14.8 Å². The van der Waals surface area contributed by atoms with Crippen LogP contribution in [0.5, 0.6) is 0 Å². The SMILES string of the molecule is C=O.O=C(O)c1cc(Cn2cc([N+](=O)[O-])cn2)on1. The molecule has 2 aromatic heterocycles. The van der Waals surface area contributed by atoms with Crippen molar-refractivity contribution in [2.45, 2.75) is 6.54 Å². The van der Waals surface area contributed by atoms with Crippen molar-refractivity contribution >= 4 is 18.4 Å². The van der Waals surface area contributed by atoms with Crippen molar-refractivity contribution in [1.29, 1.82) is 0 Å². The third kappa shape index (κ3) is 3.46. The van der Waals surface area contributed by atoms with Gasteiger partial charge in [0.05, 0.1) is 4.92 Å². The maximum atomic E-state index is 10.5. The van der Waals surface area contributed by atoms with E-state index >= 15 is 0 Å². The van der Waals surface area contributed by atoms with E-state index in [4.69, 9.17) is 14.4 Å². The fourth-order valence-corrected chi connectivity index (χ4v) is 1.18. The lowest BCUT2D eigenvalue weighted by Crippen LogP contribution is -1.99. The normalized spacial score (nSPS) is 9.47. The highest BCUT2D eigenvalue weighted by atomic mass is 16.6. The molecule has 0 saturated carbocycles. The van der Waals surface area contributed by atoms with Crippen molar-refractivity contribution in [2.24, 2.45) is 0 Å². The number of carbonyl (C=O) groups is 2. The molecule has 10 heteroatoms. The molecule has 0 saturated heterocycles. The highest BCUT2D eigenvalue weighted by molar-refractivity contribution is 5.85. The molecule has 2 heterocycles. The van der Waals surface area contributed by atoms with Crippen molar-refractivity contribution in [3.8, 4) is 0 Å². The predicted molar refractivity (Wildman–Crippen MR) is 58.6 cm³/mol. The molecule has 0 atom stereocenters. The summed E-state index contributed by atoms with van der Waals surface area (Å²) in [6, 6.07) is 1.23. The van der Waals surface area contributed by atoms with Gasteiger partial charge >= 0.3 is 11.7 Å². The summed E-state index contributed by atoms with van der Waals surface area (Å²) in [5.41, 5.74) is -0.371. The van der Waals surface area contributed by atoms with Crippen LogP contribution in [0.3, 0.4) is 0 Å². The van der Waals surface area contributed by atoms with Crippen molar-refractivity contribution < 1.29 is 24.1 Å². The molecule has 1 N–H and O–H groups in total. The summed E-state index contributed by atoms with van der Waals surface area (Å²) >= 11 is 0. The molecular weight excluding hydrogens is 260 g/mol. The van der Waals surface area contributed by atoms with Crippen LogP contribution in [0.4, 0.5) is 5.69 Å². The topological polar surface area (TPSA) is 141 Å². The Balaban J connectivity index is 0.000000861. The van der Waals surface area contributed by atoms with Gasteiger partial charge < -0.3 is 14.4 Å². The second-order valence-electron chi connectivity index (χ2n) is 3.14. The first kappa shape index (κ1) is 14.0. The zero-order valence-electron chi connectivity index (χ0n) is 9.42. The number of aromatic nitrogens is 3. The minimum atomic E-state index is -1.20. The fraction of sp³-hybridized carbons (Fsp3) is 0.111. The van der Waals surface area contributed by atoms with E-state index < -0.39 is 10.9 Å². The van der Waals surface area contributed by atoms with E-state index in [0.717, 1.165) is 6.20 Å². The number of carboxylic acids is 1. The smallest absolute Gasteiger partial charge is 0.358 e.